The number of rotatable bonds is 7. The summed E-state index contributed by atoms with van der Waals surface area (Å²) >= 11 is 0. The van der Waals surface area contributed by atoms with Gasteiger partial charge in [0, 0.05) is 6.42 Å². The number of hydrogen-bond acceptors (Lipinski definition) is 2. The van der Waals surface area contributed by atoms with Crippen LogP contribution in [0.15, 0.2) is 48.5 Å². The second-order valence-corrected chi connectivity index (χ2v) is 10.9. The Hall–Kier alpha value is -2.35. The average molecular weight is 419 g/mol. The van der Waals surface area contributed by atoms with E-state index in [9.17, 15) is 4.79 Å². The summed E-state index contributed by atoms with van der Waals surface area (Å²) in [7, 11) is 1.46. The van der Waals surface area contributed by atoms with Gasteiger partial charge < -0.3 is 4.74 Å². The van der Waals surface area contributed by atoms with Crippen molar-refractivity contribution < 1.29 is 9.53 Å². The summed E-state index contributed by atoms with van der Waals surface area (Å²) in [5.41, 5.74) is 3.01. The molecule has 2 nitrogen and oxygen atoms in total. The molecule has 0 aliphatic rings. The van der Waals surface area contributed by atoms with E-state index in [1.54, 1.807) is 0 Å². The molecular formula is C29H38O2. The lowest BCUT2D eigenvalue weighted by atomic mass is 9.78. The first-order valence-electron chi connectivity index (χ1n) is 11.5. The zero-order chi connectivity index (χ0) is 22.8. The zero-order valence-electron chi connectivity index (χ0n) is 20.3. The summed E-state index contributed by atoms with van der Waals surface area (Å²) in [5, 5.41) is 5.21. The van der Waals surface area contributed by atoms with Gasteiger partial charge in [0.05, 0.1) is 7.11 Å². The van der Waals surface area contributed by atoms with Gasteiger partial charge >= 0.3 is 5.97 Å². The Morgan fingerprint density at radius 3 is 1.94 bits per heavy atom. The first kappa shape index (κ1) is 23.3. The summed E-state index contributed by atoms with van der Waals surface area (Å²) in [5.74, 6) is 0.257. The van der Waals surface area contributed by atoms with Crippen molar-refractivity contribution in [2.45, 2.75) is 78.1 Å². The molecule has 0 spiro atoms. The Bertz CT molecular complexity index is 1070. The minimum absolute atomic E-state index is 0.101. The molecule has 3 aromatic rings. The molecule has 0 heterocycles. The highest BCUT2D eigenvalue weighted by Crippen LogP contribution is 2.34. The highest BCUT2D eigenvalue weighted by atomic mass is 16.5. The predicted octanol–water partition coefficient (Wildman–Crippen LogP) is 7.94. The van der Waals surface area contributed by atoms with Crippen LogP contribution in [0.3, 0.4) is 0 Å². The predicted molar refractivity (Wildman–Crippen MR) is 133 cm³/mol. The van der Waals surface area contributed by atoms with Gasteiger partial charge in [0.2, 0.25) is 0 Å². The molecule has 0 fully saturated rings. The van der Waals surface area contributed by atoms with Crippen LogP contribution in [0.4, 0.5) is 0 Å². The standard InChI is InChI=1S/C29H38O2/c1-20(15-27(30)31-7)9-8-14-29(5,6)26-13-11-22-16-23-18-25(28(2,3)4)12-10-21(23)17-24(22)19-26/h10-13,16-20H,8-9,14-15H2,1-7H3. The van der Waals surface area contributed by atoms with Crippen LogP contribution >= 0.6 is 0 Å². The molecule has 0 aliphatic heterocycles. The van der Waals surface area contributed by atoms with Crippen LogP contribution in [0.5, 0.6) is 0 Å². The van der Waals surface area contributed by atoms with Gasteiger partial charge in [-0.3, -0.25) is 4.79 Å². The molecule has 0 N–H and O–H groups in total. The normalized spacial score (nSPS) is 13.5. The van der Waals surface area contributed by atoms with Crippen LogP contribution in [0.1, 0.15) is 78.4 Å². The van der Waals surface area contributed by atoms with Gasteiger partial charge in [0.25, 0.3) is 0 Å². The molecule has 0 saturated carbocycles. The van der Waals surface area contributed by atoms with Crippen molar-refractivity contribution >= 4 is 27.5 Å². The van der Waals surface area contributed by atoms with Crippen molar-refractivity contribution in [3.8, 4) is 0 Å². The molecular weight excluding hydrogens is 380 g/mol. The molecule has 166 valence electrons. The van der Waals surface area contributed by atoms with E-state index in [0.29, 0.717) is 12.3 Å². The average Bonchev–Trinajstić information content (AvgIpc) is 2.70. The van der Waals surface area contributed by atoms with Crippen molar-refractivity contribution in [3.05, 3.63) is 59.7 Å². The SMILES string of the molecule is COC(=O)CC(C)CCCC(C)(C)c1ccc2cc3cc(C(C)(C)C)ccc3cc2c1. The molecule has 1 atom stereocenters. The van der Waals surface area contributed by atoms with Crippen LogP contribution in [0, 0.1) is 5.92 Å². The Labute approximate surface area is 188 Å². The van der Waals surface area contributed by atoms with Gasteiger partial charge in [0.15, 0.2) is 0 Å². The third kappa shape index (κ3) is 5.67. The fraction of sp³-hybridized carbons (Fsp3) is 0.483. The quantitative estimate of drug-likeness (QED) is 0.287. The van der Waals surface area contributed by atoms with Crippen molar-refractivity contribution in [1.29, 1.82) is 0 Å². The molecule has 31 heavy (non-hydrogen) atoms. The molecule has 0 saturated heterocycles. The van der Waals surface area contributed by atoms with Crippen LogP contribution in [-0.4, -0.2) is 13.1 Å². The molecule has 0 bridgehead atoms. The molecule has 3 aromatic carbocycles. The van der Waals surface area contributed by atoms with Gasteiger partial charge in [-0.25, -0.2) is 0 Å². The van der Waals surface area contributed by atoms with E-state index in [2.05, 4.69) is 90.1 Å². The summed E-state index contributed by atoms with van der Waals surface area (Å²) in [6, 6.07) is 18.4. The number of carbonyl (C=O) groups excluding carboxylic acids is 1. The van der Waals surface area contributed by atoms with Crippen molar-refractivity contribution in [2.24, 2.45) is 5.92 Å². The van der Waals surface area contributed by atoms with E-state index < -0.39 is 0 Å². The van der Waals surface area contributed by atoms with Gasteiger partial charge in [-0.15, -0.1) is 0 Å². The van der Waals surface area contributed by atoms with Crippen molar-refractivity contribution in [2.75, 3.05) is 7.11 Å². The Balaban J connectivity index is 1.79. The number of carbonyl (C=O) groups is 1. The third-order valence-electron chi connectivity index (χ3n) is 6.68. The molecule has 2 heteroatoms. The molecule has 0 radical (unpaired) electrons. The smallest absolute Gasteiger partial charge is 0.305 e. The highest BCUT2D eigenvalue weighted by Gasteiger charge is 2.21. The summed E-state index contributed by atoms with van der Waals surface area (Å²) < 4.78 is 4.79. The monoisotopic (exact) mass is 418 g/mol. The van der Waals surface area contributed by atoms with Gasteiger partial charge in [-0.05, 0) is 68.0 Å². The number of fused-ring (bicyclic) bond motifs is 2. The summed E-state index contributed by atoms with van der Waals surface area (Å²) in [6.07, 6.45) is 3.77. The Kier molecular flexibility index (Phi) is 6.79. The minimum Gasteiger partial charge on any atom is -0.469 e. The van der Waals surface area contributed by atoms with Crippen LogP contribution in [-0.2, 0) is 20.4 Å². The van der Waals surface area contributed by atoms with Crippen LogP contribution < -0.4 is 0 Å². The largest absolute Gasteiger partial charge is 0.469 e. The third-order valence-corrected chi connectivity index (χ3v) is 6.68. The highest BCUT2D eigenvalue weighted by molar-refractivity contribution is 5.98. The number of methoxy groups -OCH3 is 1. The van der Waals surface area contributed by atoms with E-state index in [1.807, 2.05) is 0 Å². The fourth-order valence-electron chi connectivity index (χ4n) is 4.39. The van der Waals surface area contributed by atoms with E-state index in [-0.39, 0.29) is 16.8 Å². The second-order valence-electron chi connectivity index (χ2n) is 10.9. The lowest BCUT2D eigenvalue weighted by Crippen LogP contribution is -2.17. The van der Waals surface area contributed by atoms with E-state index >= 15 is 0 Å². The van der Waals surface area contributed by atoms with Crippen molar-refractivity contribution in [3.63, 3.8) is 0 Å². The second kappa shape index (κ2) is 9.02. The molecule has 0 amide bonds. The minimum atomic E-state index is -0.108. The maximum absolute atomic E-state index is 11.5. The first-order chi connectivity index (χ1) is 14.5. The van der Waals surface area contributed by atoms with Gasteiger partial charge in [0.1, 0.15) is 0 Å². The van der Waals surface area contributed by atoms with Crippen LogP contribution in [0.2, 0.25) is 0 Å². The molecule has 0 aliphatic carbocycles. The molecule has 1 unspecified atom stereocenters. The summed E-state index contributed by atoms with van der Waals surface area (Å²) in [4.78, 5) is 11.5. The molecule has 0 aromatic heterocycles. The number of esters is 1. The van der Waals surface area contributed by atoms with E-state index in [1.165, 1.54) is 39.8 Å². The number of benzene rings is 3. The van der Waals surface area contributed by atoms with Crippen LogP contribution in [0.25, 0.3) is 21.5 Å². The maximum Gasteiger partial charge on any atom is 0.305 e. The summed E-state index contributed by atoms with van der Waals surface area (Å²) in [6.45, 7) is 13.6. The lowest BCUT2D eigenvalue weighted by molar-refractivity contribution is -0.141. The number of hydrogen-bond donors (Lipinski definition) is 0. The molecule has 3 rings (SSSR count). The fourth-order valence-corrected chi connectivity index (χ4v) is 4.39. The lowest BCUT2D eigenvalue weighted by Gasteiger charge is -2.26. The Morgan fingerprint density at radius 2 is 1.39 bits per heavy atom. The number of ether oxygens (including phenoxy) is 1. The van der Waals surface area contributed by atoms with Crippen molar-refractivity contribution in [1.82, 2.24) is 0 Å². The van der Waals surface area contributed by atoms with Gasteiger partial charge in [-0.1, -0.05) is 90.8 Å². The van der Waals surface area contributed by atoms with Gasteiger partial charge in [-0.2, -0.15) is 0 Å². The zero-order valence-corrected chi connectivity index (χ0v) is 20.3. The van der Waals surface area contributed by atoms with E-state index in [0.717, 1.165) is 19.3 Å². The topological polar surface area (TPSA) is 26.3 Å². The first-order valence-corrected chi connectivity index (χ1v) is 11.5. The van der Waals surface area contributed by atoms with E-state index in [4.69, 9.17) is 4.74 Å². The Morgan fingerprint density at radius 1 is 0.839 bits per heavy atom. The maximum atomic E-state index is 11.5.